The zero-order valence-corrected chi connectivity index (χ0v) is 18.0. The van der Waals surface area contributed by atoms with E-state index in [1.807, 2.05) is 13.8 Å². The van der Waals surface area contributed by atoms with Gasteiger partial charge in [0.25, 0.3) is 0 Å². The SMILES string of the molecule is CC(C)C[C@H](CO)Nc1nc(C[C@H](C)c2c(F)cccc2F)nc(CS(N)(=O)=O)n1. The Bertz CT molecular complexity index is 952. The average molecular weight is 444 g/mol. The van der Waals surface area contributed by atoms with Gasteiger partial charge in [0.15, 0.2) is 5.82 Å². The van der Waals surface area contributed by atoms with Crippen molar-refractivity contribution in [3.8, 4) is 0 Å². The van der Waals surface area contributed by atoms with Gasteiger partial charge in [0.1, 0.15) is 23.2 Å². The van der Waals surface area contributed by atoms with Crippen LogP contribution in [0.1, 0.15) is 50.3 Å². The Morgan fingerprint density at radius 3 is 2.23 bits per heavy atom. The number of benzene rings is 1. The molecular formula is C19H27F2N5O3S. The van der Waals surface area contributed by atoms with E-state index in [0.29, 0.717) is 6.42 Å². The number of primary sulfonamides is 1. The number of anilines is 1. The minimum absolute atomic E-state index is 0.0423. The highest BCUT2D eigenvalue weighted by molar-refractivity contribution is 7.88. The van der Waals surface area contributed by atoms with Crippen molar-refractivity contribution in [1.29, 1.82) is 0 Å². The Morgan fingerprint density at radius 1 is 1.10 bits per heavy atom. The number of halogens is 2. The van der Waals surface area contributed by atoms with Crippen molar-refractivity contribution in [2.75, 3.05) is 11.9 Å². The first-order valence-corrected chi connectivity index (χ1v) is 11.3. The maximum absolute atomic E-state index is 14.1. The molecule has 2 atom stereocenters. The molecule has 4 N–H and O–H groups in total. The van der Waals surface area contributed by atoms with Crippen molar-refractivity contribution < 1.29 is 22.3 Å². The summed E-state index contributed by atoms with van der Waals surface area (Å²) in [5.74, 6) is -2.19. The van der Waals surface area contributed by atoms with Crippen molar-refractivity contribution in [3.05, 3.63) is 47.0 Å². The number of aliphatic hydroxyl groups excluding tert-OH is 1. The summed E-state index contributed by atoms with van der Waals surface area (Å²) in [4.78, 5) is 12.4. The van der Waals surface area contributed by atoms with Crippen LogP contribution in [0.4, 0.5) is 14.7 Å². The van der Waals surface area contributed by atoms with Crippen LogP contribution in [-0.2, 0) is 22.2 Å². The molecule has 0 radical (unpaired) electrons. The smallest absolute Gasteiger partial charge is 0.226 e. The van der Waals surface area contributed by atoms with E-state index in [4.69, 9.17) is 5.14 Å². The Hall–Kier alpha value is -2.24. The summed E-state index contributed by atoms with van der Waals surface area (Å²) in [6, 6.07) is 3.25. The van der Waals surface area contributed by atoms with E-state index in [0.717, 1.165) is 0 Å². The number of nitrogens with two attached hydrogens (primary N) is 1. The number of hydrogen-bond donors (Lipinski definition) is 3. The van der Waals surface area contributed by atoms with Gasteiger partial charge >= 0.3 is 0 Å². The highest BCUT2D eigenvalue weighted by Crippen LogP contribution is 2.25. The van der Waals surface area contributed by atoms with Crippen LogP contribution in [0.25, 0.3) is 0 Å². The minimum atomic E-state index is -3.91. The van der Waals surface area contributed by atoms with E-state index in [2.05, 4.69) is 20.3 Å². The van der Waals surface area contributed by atoms with Gasteiger partial charge in [-0.1, -0.05) is 26.8 Å². The first-order valence-electron chi connectivity index (χ1n) is 9.54. The third-order valence-corrected chi connectivity index (χ3v) is 5.01. The van der Waals surface area contributed by atoms with Crippen LogP contribution in [0.3, 0.4) is 0 Å². The normalized spacial score (nSPS) is 14.0. The molecule has 8 nitrogen and oxygen atoms in total. The van der Waals surface area contributed by atoms with E-state index >= 15 is 0 Å². The van der Waals surface area contributed by atoms with E-state index in [-0.39, 0.29) is 48.1 Å². The van der Waals surface area contributed by atoms with Gasteiger partial charge in [-0.15, -0.1) is 0 Å². The number of hydrogen-bond acceptors (Lipinski definition) is 7. The molecule has 0 saturated heterocycles. The Kier molecular flexibility index (Phi) is 8.16. The Morgan fingerprint density at radius 2 is 1.70 bits per heavy atom. The summed E-state index contributed by atoms with van der Waals surface area (Å²) in [7, 11) is -3.91. The highest BCUT2D eigenvalue weighted by Gasteiger charge is 2.20. The van der Waals surface area contributed by atoms with Crippen molar-refractivity contribution >= 4 is 16.0 Å². The third-order valence-electron chi connectivity index (χ3n) is 4.35. The molecule has 2 rings (SSSR count). The summed E-state index contributed by atoms with van der Waals surface area (Å²) in [6.07, 6.45) is 0.666. The molecule has 0 spiro atoms. The lowest BCUT2D eigenvalue weighted by Gasteiger charge is -2.19. The van der Waals surface area contributed by atoms with E-state index in [1.54, 1.807) is 6.92 Å². The van der Waals surface area contributed by atoms with Gasteiger partial charge in [-0.3, -0.25) is 0 Å². The molecule has 1 aromatic heterocycles. The lowest BCUT2D eigenvalue weighted by atomic mass is 9.96. The number of rotatable bonds is 10. The molecule has 0 unspecified atom stereocenters. The molecule has 0 saturated carbocycles. The molecule has 0 bridgehead atoms. The van der Waals surface area contributed by atoms with Crippen LogP contribution in [-0.4, -0.2) is 41.1 Å². The van der Waals surface area contributed by atoms with Crippen molar-refractivity contribution in [2.45, 2.75) is 51.3 Å². The first kappa shape index (κ1) is 24.0. The van der Waals surface area contributed by atoms with Crippen molar-refractivity contribution in [3.63, 3.8) is 0 Å². The molecule has 0 aliphatic rings. The van der Waals surface area contributed by atoms with Gasteiger partial charge in [0.2, 0.25) is 16.0 Å². The second kappa shape index (κ2) is 10.2. The van der Waals surface area contributed by atoms with Crippen LogP contribution >= 0.6 is 0 Å². The quantitative estimate of drug-likeness (QED) is 0.512. The Balaban J connectivity index is 2.36. The molecule has 0 fully saturated rings. The maximum Gasteiger partial charge on any atom is 0.226 e. The van der Waals surface area contributed by atoms with Crippen LogP contribution in [0.5, 0.6) is 0 Å². The fourth-order valence-corrected chi connectivity index (χ4v) is 3.65. The van der Waals surface area contributed by atoms with Crippen LogP contribution < -0.4 is 10.5 Å². The minimum Gasteiger partial charge on any atom is -0.394 e. The predicted molar refractivity (Wildman–Crippen MR) is 109 cm³/mol. The third kappa shape index (κ3) is 7.22. The van der Waals surface area contributed by atoms with E-state index in [9.17, 15) is 22.3 Å². The summed E-state index contributed by atoms with van der Waals surface area (Å²) in [5.41, 5.74) is -0.103. The molecule has 0 amide bonds. The summed E-state index contributed by atoms with van der Waals surface area (Å²) < 4.78 is 51.2. The van der Waals surface area contributed by atoms with Gasteiger partial charge in [-0.25, -0.2) is 27.3 Å². The largest absolute Gasteiger partial charge is 0.394 e. The van der Waals surface area contributed by atoms with Crippen LogP contribution in [0, 0.1) is 17.6 Å². The van der Waals surface area contributed by atoms with Gasteiger partial charge in [-0.2, -0.15) is 9.97 Å². The molecule has 1 heterocycles. The number of aromatic nitrogens is 3. The molecule has 2 aromatic rings. The lowest BCUT2D eigenvalue weighted by molar-refractivity contribution is 0.259. The first-order chi connectivity index (χ1) is 14.0. The maximum atomic E-state index is 14.1. The van der Waals surface area contributed by atoms with Crippen molar-refractivity contribution in [2.24, 2.45) is 11.1 Å². The number of nitrogens with zero attached hydrogens (tertiary/aromatic N) is 3. The van der Waals surface area contributed by atoms with Gasteiger partial charge in [0, 0.05) is 12.0 Å². The lowest BCUT2D eigenvalue weighted by Crippen LogP contribution is -2.28. The number of nitrogens with one attached hydrogen (secondary N) is 1. The number of sulfonamides is 1. The molecule has 11 heteroatoms. The highest BCUT2D eigenvalue weighted by atomic mass is 32.2. The molecule has 30 heavy (non-hydrogen) atoms. The standard InChI is InChI=1S/C19H27F2N5O3S/c1-11(2)7-13(9-27)23-19-25-16(24-17(26-19)10-30(22,28)29)8-12(3)18-14(20)5-4-6-15(18)21/h4-6,11-13,27H,7-10H2,1-3H3,(H2,22,28,29)(H,23,24,25,26)/t12-,13+/m0/s1. The molecule has 0 aliphatic heterocycles. The number of aliphatic hydroxyl groups is 1. The van der Waals surface area contributed by atoms with E-state index in [1.165, 1.54) is 18.2 Å². The van der Waals surface area contributed by atoms with Gasteiger partial charge in [0.05, 0.1) is 12.6 Å². The molecular weight excluding hydrogens is 416 g/mol. The van der Waals surface area contributed by atoms with Crippen molar-refractivity contribution in [1.82, 2.24) is 15.0 Å². The van der Waals surface area contributed by atoms with Crippen LogP contribution in [0.2, 0.25) is 0 Å². The second-order valence-corrected chi connectivity index (χ2v) is 9.31. The fraction of sp³-hybridized carbons (Fsp3) is 0.526. The zero-order chi connectivity index (χ0) is 22.5. The topological polar surface area (TPSA) is 131 Å². The summed E-state index contributed by atoms with van der Waals surface area (Å²) in [6.45, 7) is 5.41. The summed E-state index contributed by atoms with van der Waals surface area (Å²) >= 11 is 0. The fourth-order valence-electron chi connectivity index (χ4n) is 3.16. The summed E-state index contributed by atoms with van der Waals surface area (Å²) in [5, 5.41) is 17.7. The molecule has 166 valence electrons. The van der Waals surface area contributed by atoms with E-state index < -0.39 is 33.3 Å². The van der Waals surface area contributed by atoms with Gasteiger partial charge in [-0.05, 0) is 30.4 Å². The van der Waals surface area contributed by atoms with Crippen LogP contribution in [0.15, 0.2) is 18.2 Å². The zero-order valence-electron chi connectivity index (χ0n) is 17.1. The average Bonchev–Trinajstić information content (AvgIpc) is 2.58. The second-order valence-electron chi connectivity index (χ2n) is 7.69. The predicted octanol–water partition coefficient (Wildman–Crippen LogP) is 2.10. The molecule has 0 aliphatic carbocycles. The van der Waals surface area contributed by atoms with Gasteiger partial charge < -0.3 is 10.4 Å². The molecule has 1 aromatic carbocycles. The Labute approximate surface area is 175 Å². The monoisotopic (exact) mass is 443 g/mol.